The van der Waals surface area contributed by atoms with Crippen LogP contribution in [0.3, 0.4) is 0 Å². The maximum atomic E-state index is 12.1. The summed E-state index contributed by atoms with van der Waals surface area (Å²) in [5.74, 6) is 0.136. The van der Waals surface area contributed by atoms with Gasteiger partial charge in [0.2, 0.25) is 11.8 Å². The van der Waals surface area contributed by atoms with E-state index >= 15 is 0 Å². The molecule has 2 nitrogen and oxygen atoms in total. The van der Waals surface area contributed by atoms with Crippen molar-refractivity contribution in [1.82, 2.24) is 0 Å². The quantitative estimate of drug-likeness (QED) is 0.565. The number of Topliss-reactive ketones (excluding diaryl/α,β-unsaturated/α-hetero) is 1. The number of nitrogens with zero attached hydrogens (tertiary/aromatic N) is 1. The van der Waals surface area contributed by atoms with Gasteiger partial charge in [-0.2, -0.15) is 4.57 Å². The second-order valence-electron chi connectivity index (χ2n) is 3.73. The molecule has 0 amide bonds. The van der Waals surface area contributed by atoms with Gasteiger partial charge in [-0.1, -0.05) is 36.4 Å². The fraction of sp³-hybridized carbons (Fsp3) is 0.143. The van der Waals surface area contributed by atoms with E-state index in [2.05, 4.69) is 0 Å². The van der Waals surface area contributed by atoms with Crippen molar-refractivity contribution in [1.29, 1.82) is 0 Å². The molecule has 1 atom stereocenters. The number of aromatic nitrogens is 1. The van der Waals surface area contributed by atoms with E-state index in [0.717, 1.165) is 5.56 Å². The van der Waals surface area contributed by atoms with Crippen molar-refractivity contribution in [2.45, 2.75) is 13.0 Å². The van der Waals surface area contributed by atoms with E-state index < -0.39 is 0 Å². The number of benzene rings is 1. The van der Waals surface area contributed by atoms with E-state index in [-0.39, 0.29) is 11.8 Å². The molecule has 1 aromatic heterocycles. The molecule has 1 heterocycles. The molecule has 0 radical (unpaired) electrons. The van der Waals surface area contributed by atoms with E-state index in [1.54, 1.807) is 0 Å². The summed E-state index contributed by atoms with van der Waals surface area (Å²) in [4.78, 5) is 12.1. The summed E-state index contributed by atoms with van der Waals surface area (Å²) >= 11 is 0. The van der Waals surface area contributed by atoms with Gasteiger partial charge in [-0.15, -0.1) is 0 Å². The Balaban J connectivity index is 2.24. The maximum absolute atomic E-state index is 12.1. The van der Waals surface area contributed by atoms with Gasteiger partial charge in [-0.05, 0) is 0 Å². The fourth-order valence-corrected chi connectivity index (χ4v) is 1.65. The summed E-state index contributed by atoms with van der Waals surface area (Å²) in [6.07, 6.45) is 3.82. The van der Waals surface area contributed by atoms with Gasteiger partial charge in [-0.25, -0.2) is 0 Å². The van der Waals surface area contributed by atoms with Gasteiger partial charge in [0, 0.05) is 24.6 Å². The summed E-state index contributed by atoms with van der Waals surface area (Å²) in [6, 6.07) is 15.0. The minimum Gasteiger partial charge on any atom is -0.287 e. The van der Waals surface area contributed by atoms with Crippen LogP contribution in [0.25, 0.3) is 0 Å². The second kappa shape index (κ2) is 4.71. The van der Waals surface area contributed by atoms with Crippen molar-refractivity contribution in [2.24, 2.45) is 0 Å². The summed E-state index contributed by atoms with van der Waals surface area (Å²) in [6.45, 7) is 1.91. The number of pyridine rings is 1. The molecule has 0 aliphatic rings. The molecule has 80 valence electrons. The Bertz CT molecular complexity index is 465. The number of ketones is 1. The number of hydrogen-bond acceptors (Lipinski definition) is 1. The zero-order chi connectivity index (χ0) is 11.4. The van der Waals surface area contributed by atoms with Gasteiger partial charge in [0.15, 0.2) is 12.4 Å². The summed E-state index contributed by atoms with van der Waals surface area (Å²) in [5.41, 5.74) is 0.756. The van der Waals surface area contributed by atoms with Crippen LogP contribution >= 0.6 is 0 Å². The van der Waals surface area contributed by atoms with Crippen molar-refractivity contribution in [3.8, 4) is 0 Å². The van der Waals surface area contributed by atoms with Gasteiger partial charge in [-0.3, -0.25) is 4.79 Å². The Morgan fingerprint density at radius 3 is 2.19 bits per heavy atom. The van der Waals surface area contributed by atoms with E-state index in [0.29, 0.717) is 0 Å². The van der Waals surface area contributed by atoms with Crippen LogP contribution in [-0.2, 0) is 0 Å². The van der Waals surface area contributed by atoms with Gasteiger partial charge in [0.05, 0.1) is 0 Å². The van der Waals surface area contributed by atoms with Crippen LogP contribution < -0.4 is 4.57 Å². The van der Waals surface area contributed by atoms with Crippen molar-refractivity contribution in [3.63, 3.8) is 0 Å². The molecule has 0 saturated carbocycles. The number of carbonyl (C=O) groups is 1. The molecule has 0 aliphatic heterocycles. The van der Waals surface area contributed by atoms with E-state index in [1.165, 1.54) is 0 Å². The predicted octanol–water partition coefficient (Wildman–Crippen LogP) is 2.42. The average Bonchev–Trinajstić information content (AvgIpc) is 2.39. The fourth-order valence-electron chi connectivity index (χ4n) is 1.65. The van der Waals surface area contributed by atoms with Gasteiger partial charge < -0.3 is 0 Å². The van der Waals surface area contributed by atoms with Crippen molar-refractivity contribution < 1.29 is 9.36 Å². The van der Waals surface area contributed by atoms with Crippen molar-refractivity contribution in [3.05, 3.63) is 66.5 Å². The molecule has 2 heteroatoms. The minimum absolute atomic E-state index is 0.136. The highest BCUT2D eigenvalue weighted by Gasteiger charge is 2.22. The molecule has 0 spiro atoms. The van der Waals surface area contributed by atoms with E-state index in [9.17, 15) is 4.79 Å². The van der Waals surface area contributed by atoms with Crippen LogP contribution in [0.5, 0.6) is 0 Å². The smallest absolute Gasteiger partial charge is 0.230 e. The molecule has 0 N–H and O–H groups in total. The monoisotopic (exact) mass is 212 g/mol. The van der Waals surface area contributed by atoms with Crippen LogP contribution in [0.1, 0.15) is 23.3 Å². The second-order valence-corrected chi connectivity index (χ2v) is 3.73. The topological polar surface area (TPSA) is 20.9 Å². The molecule has 0 aliphatic carbocycles. The molecular formula is C14H14NO+. The Labute approximate surface area is 95.2 Å². The predicted molar refractivity (Wildman–Crippen MR) is 62.1 cm³/mol. The lowest BCUT2D eigenvalue weighted by molar-refractivity contribution is -0.704. The van der Waals surface area contributed by atoms with E-state index in [1.807, 2.05) is 72.4 Å². The van der Waals surface area contributed by atoms with Crippen LogP contribution in [-0.4, -0.2) is 5.78 Å². The molecule has 0 saturated heterocycles. The molecule has 2 rings (SSSR count). The average molecular weight is 212 g/mol. The highest BCUT2D eigenvalue weighted by atomic mass is 16.1. The lowest BCUT2D eigenvalue weighted by Crippen LogP contribution is -2.41. The van der Waals surface area contributed by atoms with Crippen molar-refractivity contribution in [2.75, 3.05) is 0 Å². The van der Waals surface area contributed by atoms with Crippen LogP contribution in [0.2, 0.25) is 0 Å². The maximum Gasteiger partial charge on any atom is 0.230 e. The molecule has 0 fully saturated rings. The first kappa shape index (κ1) is 10.6. The van der Waals surface area contributed by atoms with E-state index in [4.69, 9.17) is 0 Å². The standard InChI is InChI=1S/C14H14NO/c1-12(15-10-6-3-7-11-15)14(16)13-8-4-2-5-9-13/h2-12H,1H3/q+1/t12-/m1/s1. The molecule has 16 heavy (non-hydrogen) atoms. The Kier molecular flexibility index (Phi) is 3.10. The van der Waals surface area contributed by atoms with Crippen molar-refractivity contribution >= 4 is 5.78 Å². The highest BCUT2D eigenvalue weighted by Crippen LogP contribution is 2.07. The lowest BCUT2D eigenvalue weighted by atomic mass is 10.1. The highest BCUT2D eigenvalue weighted by molar-refractivity contribution is 5.97. The molecule has 2 aromatic rings. The van der Waals surface area contributed by atoms with Gasteiger partial charge in [0.1, 0.15) is 0 Å². The minimum atomic E-state index is -0.163. The van der Waals surface area contributed by atoms with Crippen LogP contribution in [0.15, 0.2) is 60.9 Å². The lowest BCUT2D eigenvalue weighted by Gasteiger charge is -2.05. The summed E-state index contributed by atoms with van der Waals surface area (Å²) in [5, 5.41) is 0. The Hall–Kier alpha value is -1.96. The van der Waals surface area contributed by atoms with Gasteiger partial charge in [0.25, 0.3) is 0 Å². The van der Waals surface area contributed by atoms with Crippen LogP contribution in [0.4, 0.5) is 0 Å². The SMILES string of the molecule is C[C@H](C(=O)c1ccccc1)[n+]1ccccc1. The van der Waals surface area contributed by atoms with Crippen LogP contribution in [0, 0.1) is 0 Å². The number of rotatable bonds is 3. The largest absolute Gasteiger partial charge is 0.287 e. The number of hydrogen-bond donors (Lipinski definition) is 0. The Morgan fingerprint density at radius 1 is 1.00 bits per heavy atom. The number of carbonyl (C=O) groups excluding carboxylic acids is 1. The third-order valence-electron chi connectivity index (χ3n) is 2.62. The first-order chi connectivity index (χ1) is 7.79. The summed E-state index contributed by atoms with van der Waals surface area (Å²) in [7, 11) is 0. The summed E-state index contributed by atoms with van der Waals surface area (Å²) < 4.78 is 1.91. The normalized spacial score (nSPS) is 12.1. The zero-order valence-electron chi connectivity index (χ0n) is 9.21. The first-order valence-corrected chi connectivity index (χ1v) is 5.34. The third kappa shape index (κ3) is 2.16. The third-order valence-corrected chi connectivity index (χ3v) is 2.62. The molecular weight excluding hydrogens is 198 g/mol. The molecule has 1 aromatic carbocycles. The van der Waals surface area contributed by atoms with Gasteiger partial charge >= 0.3 is 0 Å². The zero-order valence-corrected chi connectivity index (χ0v) is 9.21. The first-order valence-electron chi connectivity index (χ1n) is 5.34. The Morgan fingerprint density at radius 2 is 1.56 bits per heavy atom. The molecule has 0 bridgehead atoms. The molecule has 0 unspecified atom stereocenters.